The van der Waals surface area contributed by atoms with E-state index in [1.54, 1.807) is 0 Å². The Balaban J connectivity index is 2.37. The lowest BCUT2D eigenvalue weighted by molar-refractivity contribution is 0.496. The van der Waals surface area contributed by atoms with Gasteiger partial charge in [0, 0.05) is 23.8 Å². The number of halogens is 1. The summed E-state index contributed by atoms with van der Waals surface area (Å²) >= 11 is 3.70. The van der Waals surface area contributed by atoms with Gasteiger partial charge in [0.15, 0.2) is 0 Å². The number of nitrogens with zero attached hydrogens (tertiary/aromatic N) is 2. The van der Waals surface area contributed by atoms with Crippen LogP contribution in [0.25, 0.3) is 0 Å². The van der Waals surface area contributed by atoms with Crippen LogP contribution in [0.5, 0.6) is 0 Å². The molecule has 0 aromatic carbocycles. The molecule has 0 radical (unpaired) electrons. The van der Waals surface area contributed by atoms with Gasteiger partial charge < -0.3 is 0 Å². The van der Waals surface area contributed by atoms with Gasteiger partial charge in [0.25, 0.3) is 0 Å². The van der Waals surface area contributed by atoms with Gasteiger partial charge in [-0.25, -0.2) is 0 Å². The van der Waals surface area contributed by atoms with Crippen molar-refractivity contribution in [2.45, 2.75) is 37.9 Å². The smallest absolute Gasteiger partial charge is 0.0492 e. The summed E-state index contributed by atoms with van der Waals surface area (Å²) < 4.78 is 1.96. The maximum atomic E-state index is 4.16. The fourth-order valence-electron chi connectivity index (χ4n) is 1.61. The van der Waals surface area contributed by atoms with Gasteiger partial charge in [-0.05, 0) is 31.2 Å². The second kappa shape index (κ2) is 5.54. The van der Waals surface area contributed by atoms with Crippen LogP contribution in [0.4, 0.5) is 0 Å². The highest BCUT2D eigenvalue weighted by Crippen LogP contribution is 2.20. The summed E-state index contributed by atoms with van der Waals surface area (Å²) in [7, 11) is 2.01. The topological polar surface area (TPSA) is 17.8 Å². The molecular weight excluding hydrogens is 240 g/mol. The Labute approximate surface area is 94.8 Å². The third-order valence-electron chi connectivity index (χ3n) is 2.79. The summed E-state index contributed by atoms with van der Waals surface area (Å²) in [6, 6.07) is 2.10. The van der Waals surface area contributed by atoms with Gasteiger partial charge >= 0.3 is 0 Å². The SMILES string of the molecule is CCC(Br)C(C)CCc1ccnn1C. The third-order valence-corrected chi connectivity index (χ3v) is 4.34. The molecule has 1 aromatic rings. The average molecular weight is 259 g/mol. The Bertz CT molecular complexity index is 270. The Hall–Kier alpha value is -0.310. The van der Waals surface area contributed by atoms with Crippen molar-refractivity contribution in [3.8, 4) is 0 Å². The number of hydrogen-bond acceptors (Lipinski definition) is 1. The van der Waals surface area contributed by atoms with E-state index >= 15 is 0 Å². The number of aromatic nitrogens is 2. The molecule has 1 rings (SSSR count). The Kier molecular flexibility index (Phi) is 4.66. The summed E-state index contributed by atoms with van der Waals surface area (Å²) in [6.07, 6.45) is 5.42. The highest BCUT2D eigenvalue weighted by molar-refractivity contribution is 9.09. The van der Waals surface area contributed by atoms with Crippen LogP contribution in [-0.2, 0) is 13.5 Å². The van der Waals surface area contributed by atoms with Crippen LogP contribution in [-0.4, -0.2) is 14.6 Å². The predicted octanol–water partition coefficient (Wildman–Crippen LogP) is 3.16. The first kappa shape index (κ1) is 11.8. The Morgan fingerprint density at radius 2 is 2.29 bits per heavy atom. The molecule has 0 saturated heterocycles. The van der Waals surface area contributed by atoms with Gasteiger partial charge in [-0.1, -0.05) is 29.8 Å². The van der Waals surface area contributed by atoms with E-state index in [0.717, 1.165) is 12.3 Å². The van der Waals surface area contributed by atoms with Crippen molar-refractivity contribution in [3.05, 3.63) is 18.0 Å². The van der Waals surface area contributed by atoms with Crippen LogP contribution in [0, 0.1) is 5.92 Å². The highest BCUT2D eigenvalue weighted by atomic mass is 79.9. The molecule has 2 unspecified atom stereocenters. The minimum Gasteiger partial charge on any atom is -0.273 e. The lowest BCUT2D eigenvalue weighted by Gasteiger charge is -2.16. The Morgan fingerprint density at radius 3 is 2.79 bits per heavy atom. The highest BCUT2D eigenvalue weighted by Gasteiger charge is 2.12. The summed E-state index contributed by atoms with van der Waals surface area (Å²) in [5.41, 5.74) is 1.33. The fraction of sp³-hybridized carbons (Fsp3) is 0.727. The van der Waals surface area contributed by atoms with Crippen molar-refractivity contribution < 1.29 is 0 Å². The maximum Gasteiger partial charge on any atom is 0.0492 e. The monoisotopic (exact) mass is 258 g/mol. The van der Waals surface area contributed by atoms with E-state index in [1.165, 1.54) is 18.5 Å². The zero-order chi connectivity index (χ0) is 10.6. The van der Waals surface area contributed by atoms with Gasteiger partial charge in [0.1, 0.15) is 0 Å². The van der Waals surface area contributed by atoms with E-state index in [4.69, 9.17) is 0 Å². The van der Waals surface area contributed by atoms with Gasteiger partial charge in [-0.3, -0.25) is 4.68 Å². The number of aryl methyl sites for hydroxylation is 2. The minimum atomic E-state index is 0.649. The van der Waals surface area contributed by atoms with E-state index in [1.807, 2.05) is 17.9 Å². The molecule has 0 aliphatic carbocycles. The van der Waals surface area contributed by atoms with Crippen LogP contribution in [0.2, 0.25) is 0 Å². The third kappa shape index (κ3) is 3.12. The molecule has 0 aliphatic heterocycles. The summed E-state index contributed by atoms with van der Waals surface area (Å²) in [5.74, 6) is 0.731. The van der Waals surface area contributed by atoms with Crippen molar-refractivity contribution in [1.82, 2.24) is 9.78 Å². The second-order valence-electron chi connectivity index (χ2n) is 3.89. The maximum absolute atomic E-state index is 4.16. The summed E-state index contributed by atoms with van der Waals surface area (Å²) in [5, 5.41) is 4.16. The van der Waals surface area contributed by atoms with Gasteiger partial charge in [0.05, 0.1) is 0 Å². The normalized spacial score (nSPS) is 15.4. The quantitative estimate of drug-likeness (QED) is 0.743. The molecule has 0 aliphatic rings. The number of rotatable bonds is 5. The first-order valence-electron chi connectivity index (χ1n) is 5.26. The zero-order valence-electron chi connectivity index (χ0n) is 9.20. The summed E-state index contributed by atoms with van der Waals surface area (Å²) in [4.78, 5) is 0.649. The molecule has 2 nitrogen and oxygen atoms in total. The van der Waals surface area contributed by atoms with Crippen molar-refractivity contribution in [2.75, 3.05) is 0 Å². The largest absolute Gasteiger partial charge is 0.273 e. The first-order valence-corrected chi connectivity index (χ1v) is 6.17. The van der Waals surface area contributed by atoms with Crippen molar-refractivity contribution in [1.29, 1.82) is 0 Å². The van der Waals surface area contributed by atoms with E-state index in [2.05, 4.69) is 40.9 Å². The molecule has 1 aromatic heterocycles. The average Bonchev–Trinajstić information content (AvgIpc) is 2.59. The molecule has 0 N–H and O–H groups in total. The first-order chi connectivity index (χ1) is 6.65. The molecule has 0 bridgehead atoms. The van der Waals surface area contributed by atoms with Crippen LogP contribution in [0.3, 0.4) is 0 Å². The molecule has 2 atom stereocenters. The standard InChI is InChI=1S/C11H19BrN2/c1-4-11(12)9(2)5-6-10-7-8-13-14(10)3/h7-9,11H,4-6H2,1-3H3. The van der Waals surface area contributed by atoms with Crippen molar-refractivity contribution in [3.63, 3.8) is 0 Å². The molecular formula is C11H19BrN2. The van der Waals surface area contributed by atoms with Crippen molar-refractivity contribution >= 4 is 15.9 Å². The fourth-order valence-corrected chi connectivity index (χ4v) is 1.87. The second-order valence-corrected chi connectivity index (χ2v) is 5.06. The van der Waals surface area contributed by atoms with Crippen LogP contribution in [0.15, 0.2) is 12.3 Å². The molecule has 14 heavy (non-hydrogen) atoms. The molecule has 0 fully saturated rings. The van der Waals surface area contributed by atoms with Gasteiger partial charge in [-0.15, -0.1) is 0 Å². The van der Waals surface area contributed by atoms with Crippen LogP contribution >= 0.6 is 15.9 Å². The predicted molar refractivity (Wildman–Crippen MR) is 63.7 cm³/mol. The van der Waals surface area contributed by atoms with E-state index in [-0.39, 0.29) is 0 Å². The summed E-state index contributed by atoms with van der Waals surface area (Å²) in [6.45, 7) is 4.53. The molecule has 0 amide bonds. The molecule has 0 saturated carbocycles. The molecule has 0 spiro atoms. The molecule has 80 valence electrons. The minimum absolute atomic E-state index is 0.649. The van der Waals surface area contributed by atoms with Gasteiger partial charge in [0.2, 0.25) is 0 Å². The van der Waals surface area contributed by atoms with E-state index in [9.17, 15) is 0 Å². The lowest BCUT2D eigenvalue weighted by atomic mass is 9.99. The van der Waals surface area contributed by atoms with Crippen molar-refractivity contribution in [2.24, 2.45) is 13.0 Å². The zero-order valence-corrected chi connectivity index (χ0v) is 10.8. The van der Waals surface area contributed by atoms with Crippen LogP contribution < -0.4 is 0 Å². The molecule has 1 heterocycles. The van der Waals surface area contributed by atoms with Crippen LogP contribution in [0.1, 0.15) is 32.4 Å². The van der Waals surface area contributed by atoms with Gasteiger partial charge in [-0.2, -0.15) is 5.10 Å². The van der Waals surface area contributed by atoms with E-state index in [0.29, 0.717) is 4.83 Å². The van der Waals surface area contributed by atoms with E-state index < -0.39 is 0 Å². The number of alkyl halides is 1. The Morgan fingerprint density at radius 1 is 1.57 bits per heavy atom. The molecule has 3 heteroatoms. The number of hydrogen-bond donors (Lipinski definition) is 0. The lowest BCUT2D eigenvalue weighted by Crippen LogP contribution is -2.11.